The number of carbonyl (C=O) groups excluding carboxylic acids is 1. The molecule has 1 aromatic heterocycles. The van der Waals surface area contributed by atoms with Crippen LogP contribution >= 0.6 is 0 Å². The van der Waals surface area contributed by atoms with Gasteiger partial charge in [-0.05, 0) is 46.1 Å². The number of nitrogens with zero attached hydrogens (tertiary/aromatic N) is 8. The zero-order chi connectivity index (χ0) is 33.9. The average molecular weight is 661 g/mol. The number of hydrogen-bond acceptors (Lipinski definition) is 10. The predicted octanol–water partition coefficient (Wildman–Crippen LogP) is 2.69. The second kappa shape index (κ2) is 14.4. The van der Waals surface area contributed by atoms with Crippen LogP contribution in [0.25, 0.3) is 0 Å². The average Bonchev–Trinajstić information content (AvgIpc) is 3.34. The molecule has 0 spiro atoms. The highest BCUT2D eigenvalue weighted by atomic mass is 19.4. The van der Waals surface area contributed by atoms with Crippen molar-refractivity contribution in [1.82, 2.24) is 24.7 Å². The van der Waals surface area contributed by atoms with Gasteiger partial charge in [-0.2, -0.15) is 28.4 Å². The van der Waals surface area contributed by atoms with Crippen molar-refractivity contribution in [2.45, 2.75) is 50.2 Å². The lowest BCUT2D eigenvalue weighted by Gasteiger charge is -2.42. The summed E-state index contributed by atoms with van der Waals surface area (Å²) >= 11 is 0. The number of aliphatic hydroxyl groups excluding tert-OH is 1. The smallest absolute Gasteiger partial charge is 0.421 e. The zero-order valence-corrected chi connectivity index (χ0v) is 26.8. The fraction of sp³-hybridized carbons (Fsp3) is 0.562. The lowest BCUT2D eigenvalue weighted by atomic mass is 10.0. The number of β-amino-alcohol motifs (C(OH)–C–C–N with tert-alkyl or cyclic N) is 1. The van der Waals surface area contributed by atoms with Crippen molar-refractivity contribution in [2.75, 3.05) is 76.8 Å². The number of hydrogen-bond donors (Lipinski definition) is 1. The van der Waals surface area contributed by atoms with E-state index in [0.717, 1.165) is 11.6 Å². The van der Waals surface area contributed by atoms with Gasteiger partial charge in [0, 0.05) is 56.9 Å². The van der Waals surface area contributed by atoms with Crippen LogP contribution in [0.3, 0.4) is 0 Å². The molecule has 5 rings (SSSR count). The molecule has 15 heteroatoms. The summed E-state index contributed by atoms with van der Waals surface area (Å²) in [6.07, 6.45) is -1.18. The second-order valence-electron chi connectivity index (χ2n) is 12.5. The fourth-order valence-corrected chi connectivity index (χ4v) is 6.47. The Kier molecular flexibility index (Phi) is 10.5. The number of benzene rings is 1. The first-order valence-corrected chi connectivity index (χ1v) is 15.6. The van der Waals surface area contributed by atoms with Crippen LogP contribution in [0.5, 0.6) is 6.01 Å². The summed E-state index contributed by atoms with van der Waals surface area (Å²) in [7, 11) is 5.67. The number of carbonyl (C=O) groups is 1. The van der Waals surface area contributed by atoms with Crippen molar-refractivity contribution in [1.29, 1.82) is 5.26 Å². The third-order valence-electron chi connectivity index (χ3n) is 8.83. The van der Waals surface area contributed by atoms with Gasteiger partial charge < -0.3 is 29.4 Å². The van der Waals surface area contributed by atoms with Crippen molar-refractivity contribution in [3.8, 4) is 12.1 Å². The van der Waals surface area contributed by atoms with Crippen molar-refractivity contribution in [2.24, 2.45) is 0 Å². The zero-order valence-electron chi connectivity index (χ0n) is 26.8. The number of amides is 1. The van der Waals surface area contributed by atoms with E-state index in [1.54, 1.807) is 11.0 Å². The molecule has 0 radical (unpaired) electrons. The topological polar surface area (TPSA) is 112 Å². The maximum atomic E-state index is 14.5. The minimum Gasteiger partial charge on any atom is -0.462 e. The number of nitriles is 1. The molecule has 2 aromatic rings. The molecule has 3 aliphatic heterocycles. The van der Waals surface area contributed by atoms with Crippen LogP contribution < -0.4 is 14.5 Å². The molecule has 11 nitrogen and oxygen atoms in total. The summed E-state index contributed by atoms with van der Waals surface area (Å²) in [6.45, 7) is 2.47. The van der Waals surface area contributed by atoms with E-state index < -0.39 is 29.7 Å². The number of likely N-dealkylation sites (tertiary alicyclic amines) is 1. The van der Waals surface area contributed by atoms with Gasteiger partial charge >= 0.3 is 12.2 Å². The van der Waals surface area contributed by atoms with Gasteiger partial charge in [-0.1, -0.05) is 12.1 Å². The standard InChI is InChI=1S/C32H40F4N8O3/c1-40(2)12-5-8-28(46)44-15-14-43(17-21(44)9-11-37)30-24-10-13-42(27-7-4-6-25(33)29(27)32(34,35)36)19-26(24)38-31(39-30)47-20-22-16-23(45)18-41(22)3/h4-8,21-23,45H,9-10,12-20H2,1-3H3/b8-5+/t21-,22-,23+/m0/s1. The maximum Gasteiger partial charge on any atom is 0.421 e. The largest absolute Gasteiger partial charge is 0.462 e. The molecule has 3 aliphatic rings. The third-order valence-corrected chi connectivity index (χ3v) is 8.83. The number of alkyl halides is 3. The molecule has 1 aromatic carbocycles. The summed E-state index contributed by atoms with van der Waals surface area (Å²) < 4.78 is 62.3. The molecule has 254 valence electrons. The van der Waals surface area contributed by atoms with Gasteiger partial charge in [0.05, 0.1) is 42.6 Å². The highest BCUT2D eigenvalue weighted by Crippen LogP contribution is 2.40. The molecule has 4 heterocycles. The van der Waals surface area contributed by atoms with Crippen molar-refractivity contribution < 1.29 is 32.2 Å². The van der Waals surface area contributed by atoms with Gasteiger partial charge in [-0.25, -0.2) is 4.39 Å². The van der Waals surface area contributed by atoms with Gasteiger partial charge in [0.15, 0.2) is 0 Å². The summed E-state index contributed by atoms with van der Waals surface area (Å²) in [5, 5.41) is 19.7. The number of rotatable bonds is 9. The highest BCUT2D eigenvalue weighted by Gasteiger charge is 2.40. The Morgan fingerprint density at radius 1 is 1.17 bits per heavy atom. The lowest BCUT2D eigenvalue weighted by Crippen LogP contribution is -2.55. The molecule has 0 bridgehead atoms. The quantitative estimate of drug-likeness (QED) is 0.319. The normalized spacial score (nSPS) is 22.2. The number of aliphatic hydroxyl groups is 1. The first kappa shape index (κ1) is 34.3. The minimum atomic E-state index is -4.89. The number of fused-ring (bicyclic) bond motifs is 1. The molecule has 3 atom stereocenters. The summed E-state index contributed by atoms with van der Waals surface area (Å²) in [6, 6.07) is 5.03. The molecule has 1 amide bonds. The summed E-state index contributed by atoms with van der Waals surface area (Å²) in [5.74, 6) is -0.990. The van der Waals surface area contributed by atoms with Gasteiger partial charge in [-0.15, -0.1) is 0 Å². The van der Waals surface area contributed by atoms with E-state index in [4.69, 9.17) is 9.72 Å². The first-order valence-electron chi connectivity index (χ1n) is 15.6. The molecular weight excluding hydrogens is 620 g/mol. The van der Waals surface area contributed by atoms with E-state index >= 15 is 0 Å². The van der Waals surface area contributed by atoms with Crippen LogP contribution in [0, 0.1) is 17.1 Å². The SMILES string of the molecule is CN(C)C/C=C/C(=O)N1CCN(c2nc(OC[C@@H]3C[C@@H](O)CN3C)nc3c2CCN(c2cccc(F)c2C(F)(F)F)C3)C[C@@H]1CC#N. The van der Waals surface area contributed by atoms with Crippen molar-refractivity contribution in [3.63, 3.8) is 0 Å². The number of halogens is 4. The van der Waals surface area contributed by atoms with Gasteiger partial charge in [-0.3, -0.25) is 9.69 Å². The Morgan fingerprint density at radius 3 is 2.64 bits per heavy atom. The second-order valence-corrected chi connectivity index (χ2v) is 12.5. The van der Waals surface area contributed by atoms with E-state index in [2.05, 4.69) is 11.1 Å². The Hall–Kier alpha value is -4.00. The molecule has 0 saturated carbocycles. The Bertz CT molecular complexity index is 1510. The molecule has 0 unspecified atom stereocenters. The van der Waals surface area contributed by atoms with Gasteiger partial charge in [0.25, 0.3) is 0 Å². The van der Waals surface area contributed by atoms with E-state index in [1.807, 2.05) is 35.8 Å². The van der Waals surface area contributed by atoms with Crippen molar-refractivity contribution >= 4 is 17.4 Å². The van der Waals surface area contributed by atoms with E-state index in [-0.39, 0.29) is 56.2 Å². The minimum absolute atomic E-state index is 0.0348. The maximum absolute atomic E-state index is 14.5. The van der Waals surface area contributed by atoms with Gasteiger partial charge in [0.2, 0.25) is 5.91 Å². The molecule has 2 fully saturated rings. The molecule has 47 heavy (non-hydrogen) atoms. The summed E-state index contributed by atoms with van der Waals surface area (Å²) in [5.41, 5.74) is -0.406. The van der Waals surface area contributed by atoms with Crippen LogP contribution in [-0.4, -0.2) is 121 Å². The number of aromatic nitrogens is 2. The number of likely N-dealkylation sites (N-methyl/N-ethyl adjacent to an activating group) is 2. The van der Waals surface area contributed by atoms with Crippen LogP contribution in [0.15, 0.2) is 30.4 Å². The van der Waals surface area contributed by atoms with Crippen LogP contribution in [0.2, 0.25) is 0 Å². The Labute approximate surface area is 271 Å². The Morgan fingerprint density at radius 2 is 1.96 bits per heavy atom. The van der Waals surface area contributed by atoms with Crippen molar-refractivity contribution in [3.05, 3.63) is 53.0 Å². The fourth-order valence-electron chi connectivity index (χ4n) is 6.47. The molecule has 2 saturated heterocycles. The first-order chi connectivity index (χ1) is 22.3. The lowest BCUT2D eigenvalue weighted by molar-refractivity contribution is -0.139. The number of piperazine rings is 1. The van der Waals surface area contributed by atoms with Crippen LogP contribution in [-0.2, 0) is 23.9 Å². The van der Waals surface area contributed by atoms with E-state index in [9.17, 15) is 32.7 Å². The number of ether oxygens (including phenoxy) is 1. The monoisotopic (exact) mass is 660 g/mol. The Balaban J connectivity index is 1.45. The number of anilines is 2. The predicted molar refractivity (Wildman–Crippen MR) is 166 cm³/mol. The highest BCUT2D eigenvalue weighted by molar-refractivity contribution is 5.88. The molecular formula is C32H40F4N8O3. The molecule has 0 aliphatic carbocycles. The van der Waals surface area contributed by atoms with E-state index in [1.165, 1.54) is 23.1 Å². The van der Waals surface area contributed by atoms with Crippen LogP contribution in [0.1, 0.15) is 29.7 Å². The van der Waals surface area contributed by atoms with Gasteiger partial charge in [0.1, 0.15) is 23.8 Å². The summed E-state index contributed by atoms with van der Waals surface area (Å²) in [4.78, 5) is 31.5. The third kappa shape index (κ3) is 7.94. The van der Waals surface area contributed by atoms with E-state index in [0.29, 0.717) is 50.7 Å². The van der Waals surface area contributed by atoms with Crippen LogP contribution in [0.4, 0.5) is 29.1 Å². The molecule has 1 N–H and O–H groups in total.